The van der Waals surface area contributed by atoms with E-state index < -0.39 is 5.97 Å². The number of aryl methyl sites for hydroxylation is 2. The lowest BCUT2D eigenvalue weighted by molar-refractivity contribution is 0.0698. The van der Waals surface area contributed by atoms with Crippen LogP contribution in [0.1, 0.15) is 16.8 Å². The number of hydrogen-bond donors (Lipinski definition) is 1. The maximum atomic E-state index is 11.2. The van der Waals surface area contributed by atoms with Crippen molar-refractivity contribution in [2.75, 3.05) is 0 Å². The van der Waals surface area contributed by atoms with E-state index in [0.717, 1.165) is 6.42 Å². The minimum absolute atomic E-state index is 0.216. The summed E-state index contributed by atoms with van der Waals surface area (Å²) in [6, 6.07) is 4.98. The van der Waals surface area contributed by atoms with E-state index in [9.17, 15) is 9.90 Å². The Kier molecular flexibility index (Phi) is 3.12. The summed E-state index contributed by atoms with van der Waals surface area (Å²) in [7, 11) is 0. The lowest BCUT2D eigenvalue weighted by Gasteiger charge is -2.04. The van der Waals surface area contributed by atoms with Crippen LogP contribution in [0.2, 0.25) is 0 Å². The zero-order valence-electron chi connectivity index (χ0n) is 10.5. The summed E-state index contributed by atoms with van der Waals surface area (Å²) in [6.45, 7) is 1.26. The Balaban J connectivity index is 1.82. The van der Waals surface area contributed by atoms with Gasteiger partial charge in [-0.1, -0.05) is 16.5 Å². The number of rotatable bonds is 5. The van der Waals surface area contributed by atoms with E-state index in [-0.39, 0.29) is 5.56 Å². The van der Waals surface area contributed by atoms with Gasteiger partial charge in [-0.15, -0.1) is 10.2 Å². The van der Waals surface area contributed by atoms with Gasteiger partial charge >= 0.3 is 5.97 Å². The Labute approximate surface area is 113 Å². The van der Waals surface area contributed by atoms with E-state index in [0.29, 0.717) is 24.1 Å². The summed E-state index contributed by atoms with van der Waals surface area (Å²) < 4.78 is 3.34. The number of carboxylic acid groups (broad SMARTS) is 1. The number of nitrogens with zero attached hydrogens (tertiary/aromatic N) is 6. The van der Waals surface area contributed by atoms with E-state index in [1.807, 2.05) is 0 Å². The monoisotopic (exact) mass is 272 g/mol. The fraction of sp³-hybridized carbons (Fsp3) is 0.250. The van der Waals surface area contributed by atoms with Crippen molar-refractivity contribution < 1.29 is 9.90 Å². The third-order valence-corrected chi connectivity index (χ3v) is 2.99. The van der Waals surface area contributed by atoms with Gasteiger partial charge in [0.25, 0.3) is 0 Å². The Morgan fingerprint density at radius 1 is 1.25 bits per heavy atom. The fourth-order valence-corrected chi connectivity index (χ4v) is 2.09. The van der Waals surface area contributed by atoms with Crippen molar-refractivity contribution in [3.63, 3.8) is 0 Å². The molecule has 0 atom stereocenters. The van der Waals surface area contributed by atoms with E-state index in [1.54, 1.807) is 40.0 Å². The van der Waals surface area contributed by atoms with Crippen LogP contribution < -0.4 is 0 Å². The zero-order valence-corrected chi connectivity index (χ0v) is 10.5. The molecule has 0 spiro atoms. The zero-order chi connectivity index (χ0) is 13.9. The number of benzene rings is 1. The van der Waals surface area contributed by atoms with E-state index in [4.69, 9.17) is 0 Å². The summed E-state index contributed by atoms with van der Waals surface area (Å²) >= 11 is 0. The van der Waals surface area contributed by atoms with Gasteiger partial charge in [0.05, 0.1) is 11.8 Å². The molecule has 0 saturated carbocycles. The minimum Gasteiger partial charge on any atom is -0.478 e. The number of para-hydroxylation sites is 1. The summed E-state index contributed by atoms with van der Waals surface area (Å²) in [4.78, 5) is 11.2. The second-order valence-corrected chi connectivity index (χ2v) is 4.31. The van der Waals surface area contributed by atoms with Gasteiger partial charge in [0.15, 0.2) is 0 Å². The topological polar surface area (TPSA) is 98.7 Å². The molecule has 0 aliphatic rings. The first kappa shape index (κ1) is 12.3. The highest BCUT2D eigenvalue weighted by atomic mass is 16.4. The molecule has 0 fully saturated rings. The second kappa shape index (κ2) is 5.08. The van der Waals surface area contributed by atoms with Crippen molar-refractivity contribution in [2.45, 2.75) is 19.5 Å². The van der Waals surface area contributed by atoms with Crippen LogP contribution in [0, 0.1) is 0 Å². The van der Waals surface area contributed by atoms with Gasteiger partial charge in [0.2, 0.25) is 0 Å². The van der Waals surface area contributed by atoms with Gasteiger partial charge in [-0.3, -0.25) is 4.68 Å². The molecule has 0 unspecified atom stereocenters. The Hall–Kier alpha value is -2.77. The number of carbonyl (C=O) groups is 1. The SMILES string of the molecule is O=C(O)c1cccc2nnn(CCCn3ccnn3)c12. The average Bonchev–Trinajstić information content (AvgIpc) is 3.08. The molecule has 0 aliphatic heterocycles. The number of hydrogen-bond acceptors (Lipinski definition) is 5. The number of carboxylic acids is 1. The minimum atomic E-state index is -0.976. The average molecular weight is 272 g/mol. The quantitative estimate of drug-likeness (QED) is 0.738. The second-order valence-electron chi connectivity index (χ2n) is 4.31. The highest BCUT2D eigenvalue weighted by Gasteiger charge is 2.14. The third-order valence-electron chi connectivity index (χ3n) is 2.99. The first-order chi connectivity index (χ1) is 9.75. The molecule has 2 aromatic heterocycles. The molecule has 3 rings (SSSR count). The van der Waals surface area contributed by atoms with E-state index in [2.05, 4.69) is 20.6 Å². The van der Waals surface area contributed by atoms with Gasteiger partial charge in [0.1, 0.15) is 11.0 Å². The maximum absolute atomic E-state index is 11.2. The number of aromatic carboxylic acids is 1. The normalized spacial score (nSPS) is 11.0. The molecule has 20 heavy (non-hydrogen) atoms. The Morgan fingerprint density at radius 2 is 2.15 bits per heavy atom. The van der Waals surface area contributed by atoms with Crippen LogP contribution in [0.25, 0.3) is 11.0 Å². The van der Waals surface area contributed by atoms with Crippen molar-refractivity contribution in [1.82, 2.24) is 30.0 Å². The van der Waals surface area contributed by atoms with Gasteiger partial charge in [-0.25, -0.2) is 9.48 Å². The van der Waals surface area contributed by atoms with Crippen LogP contribution in [0.5, 0.6) is 0 Å². The van der Waals surface area contributed by atoms with Gasteiger partial charge in [0, 0.05) is 19.3 Å². The summed E-state index contributed by atoms with van der Waals surface area (Å²) in [5.41, 5.74) is 1.36. The maximum Gasteiger partial charge on any atom is 0.337 e. The molecule has 0 aliphatic carbocycles. The molecule has 2 heterocycles. The van der Waals surface area contributed by atoms with Crippen molar-refractivity contribution in [1.29, 1.82) is 0 Å². The van der Waals surface area contributed by atoms with Crippen molar-refractivity contribution in [2.24, 2.45) is 0 Å². The largest absolute Gasteiger partial charge is 0.478 e. The fourth-order valence-electron chi connectivity index (χ4n) is 2.09. The lowest BCUT2D eigenvalue weighted by atomic mass is 10.2. The van der Waals surface area contributed by atoms with Crippen molar-refractivity contribution in [3.8, 4) is 0 Å². The Morgan fingerprint density at radius 3 is 2.90 bits per heavy atom. The van der Waals surface area contributed by atoms with Crippen LogP contribution in [0.3, 0.4) is 0 Å². The smallest absolute Gasteiger partial charge is 0.337 e. The molecule has 0 saturated heterocycles. The third kappa shape index (κ3) is 2.22. The van der Waals surface area contributed by atoms with Crippen LogP contribution in [0.4, 0.5) is 0 Å². The summed E-state index contributed by atoms with van der Waals surface area (Å²) in [5, 5.41) is 24.8. The first-order valence-electron chi connectivity index (χ1n) is 6.15. The van der Waals surface area contributed by atoms with Crippen LogP contribution >= 0.6 is 0 Å². The first-order valence-corrected chi connectivity index (χ1v) is 6.15. The number of fused-ring (bicyclic) bond motifs is 1. The van der Waals surface area contributed by atoms with Crippen molar-refractivity contribution >= 4 is 17.0 Å². The molecule has 3 aromatic rings. The predicted molar refractivity (Wildman–Crippen MR) is 69.1 cm³/mol. The van der Waals surface area contributed by atoms with Gasteiger partial charge in [-0.2, -0.15) is 0 Å². The predicted octanol–water partition coefficient (Wildman–Crippen LogP) is 0.811. The molecule has 0 bridgehead atoms. The summed E-state index contributed by atoms with van der Waals surface area (Å²) in [6.07, 6.45) is 4.16. The molecular weight excluding hydrogens is 260 g/mol. The van der Waals surface area contributed by atoms with Crippen LogP contribution in [-0.4, -0.2) is 41.1 Å². The van der Waals surface area contributed by atoms with E-state index in [1.165, 1.54) is 0 Å². The molecule has 0 radical (unpaired) electrons. The Bertz CT molecular complexity index is 734. The molecule has 0 amide bonds. The van der Waals surface area contributed by atoms with Gasteiger partial charge < -0.3 is 5.11 Å². The number of aromatic nitrogens is 6. The van der Waals surface area contributed by atoms with E-state index >= 15 is 0 Å². The van der Waals surface area contributed by atoms with Crippen LogP contribution in [0.15, 0.2) is 30.6 Å². The highest BCUT2D eigenvalue weighted by molar-refractivity contribution is 6.00. The molecule has 1 aromatic carbocycles. The molecule has 8 heteroatoms. The summed E-state index contributed by atoms with van der Waals surface area (Å²) in [5.74, 6) is -0.976. The highest BCUT2D eigenvalue weighted by Crippen LogP contribution is 2.17. The lowest BCUT2D eigenvalue weighted by Crippen LogP contribution is -2.08. The molecule has 8 nitrogen and oxygen atoms in total. The standard InChI is InChI=1S/C12H12N6O2/c19-12(20)9-3-1-4-10-11(9)18(16-14-10)7-2-6-17-8-5-13-15-17/h1,3-5,8H,2,6-7H2,(H,19,20). The van der Waals surface area contributed by atoms with Crippen molar-refractivity contribution in [3.05, 3.63) is 36.2 Å². The molecule has 102 valence electrons. The molecular formula is C12H12N6O2. The molecule has 1 N–H and O–H groups in total. The van der Waals surface area contributed by atoms with Gasteiger partial charge in [-0.05, 0) is 18.6 Å². The van der Waals surface area contributed by atoms with Crippen LogP contribution in [-0.2, 0) is 13.1 Å².